The fraction of sp³-hybridized carbons (Fsp3) is 0.417. The smallest absolute Gasteiger partial charge is 0.435 e. The molecule has 5 nitrogen and oxygen atoms in total. The lowest BCUT2D eigenvalue weighted by molar-refractivity contribution is -0.141. The Morgan fingerprint density at radius 3 is 2.48 bits per heavy atom. The molecule has 21 heavy (non-hydrogen) atoms. The molecule has 0 spiro atoms. The third kappa shape index (κ3) is 4.85. The number of alkyl halides is 3. The Kier molecular flexibility index (Phi) is 5.47. The number of rotatable bonds is 4. The summed E-state index contributed by atoms with van der Waals surface area (Å²) in [7, 11) is 0. The highest BCUT2D eigenvalue weighted by atomic mass is 32.1. The zero-order valence-corrected chi connectivity index (χ0v) is 12.3. The van der Waals surface area contributed by atoms with Crippen molar-refractivity contribution >= 4 is 28.3 Å². The fourth-order valence-corrected chi connectivity index (χ4v) is 2.19. The number of thiazole rings is 1. The summed E-state index contributed by atoms with van der Waals surface area (Å²) in [6.45, 7) is 4.73. The molecule has 0 unspecified atom stereocenters. The van der Waals surface area contributed by atoms with Gasteiger partial charge >= 0.3 is 12.1 Å². The van der Waals surface area contributed by atoms with E-state index < -0.39 is 28.6 Å². The van der Waals surface area contributed by atoms with Crippen molar-refractivity contribution in [1.29, 1.82) is 0 Å². The minimum absolute atomic E-state index is 0.0620. The molecular formula is C12H13F3N2O3S. The van der Waals surface area contributed by atoms with Crippen LogP contribution in [-0.2, 0) is 15.7 Å². The molecule has 0 bridgehead atoms. The van der Waals surface area contributed by atoms with Gasteiger partial charge in [-0.1, -0.05) is 16.9 Å². The number of ether oxygens (including phenoxy) is 1. The molecule has 0 saturated carbocycles. The molecule has 1 amide bonds. The van der Waals surface area contributed by atoms with E-state index in [0.29, 0.717) is 16.9 Å². The van der Waals surface area contributed by atoms with Crippen LogP contribution in [0.5, 0.6) is 0 Å². The minimum atomic E-state index is -4.81. The lowest BCUT2D eigenvalue weighted by Gasteiger charge is -2.04. The first-order chi connectivity index (χ1) is 9.65. The summed E-state index contributed by atoms with van der Waals surface area (Å²) in [5.41, 5.74) is -0.691. The molecule has 9 heteroatoms. The maximum absolute atomic E-state index is 12.8. The van der Waals surface area contributed by atoms with E-state index in [1.54, 1.807) is 13.8 Å². The molecule has 0 atom stereocenters. The Balaban J connectivity index is 3.12. The Hall–Kier alpha value is -1.90. The molecule has 1 N–H and O–H groups in total. The topological polar surface area (TPSA) is 68.3 Å². The highest BCUT2D eigenvalue weighted by Crippen LogP contribution is 2.36. The first-order valence-electron chi connectivity index (χ1n) is 5.86. The molecule has 1 aromatic heterocycles. The zero-order valence-electron chi connectivity index (χ0n) is 11.5. The van der Waals surface area contributed by atoms with Crippen LogP contribution < -0.4 is 5.32 Å². The van der Waals surface area contributed by atoms with Crippen LogP contribution in [0.15, 0.2) is 11.6 Å². The molecule has 0 aromatic carbocycles. The van der Waals surface area contributed by atoms with Gasteiger partial charge in [0.25, 0.3) is 0 Å². The van der Waals surface area contributed by atoms with Crippen molar-refractivity contribution in [3.63, 3.8) is 0 Å². The standard InChI is InChI=1S/C12H13F3N2O3S/c1-4-20-10(19)8-9(12(13,14)15)17-11(21-8)16-7(18)5-6(2)3/h5H,4H2,1-3H3,(H,16,17,18). The molecule has 0 aliphatic carbocycles. The van der Waals surface area contributed by atoms with Gasteiger partial charge in [-0.3, -0.25) is 10.1 Å². The van der Waals surface area contributed by atoms with E-state index in [1.807, 2.05) is 0 Å². The van der Waals surface area contributed by atoms with Crippen molar-refractivity contribution in [2.24, 2.45) is 0 Å². The van der Waals surface area contributed by atoms with Gasteiger partial charge in [-0.15, -0.1) is 0 Å². The van der Waals surface area contributed by atoms with Crippen LogP contribution in [0.3, 0.4) is 0 Å². The number of hydrogen-bond acceptors (Lipinski definition) is 5. The number of hydrogen-bond donors (Lipinski definition) is 1. The molecule has 0 aliphatic heterocycles. The first kappa shape index (κ1) is 17.2. The van der Waals surface area contributed by atoms with Gasteiger partial charge in [-0.05, 0) is 20.8 Å². The number of anilines is 1. The molecule has 0 saturated heterocycles. The number of aromatic nitrogens is 1. The normalized spacial score (nSPS) is 11.0. The summed E-state index contributed by atoms with van der Waals surface area (Å²) in [4.78, 5) is 25.6. The van der Waals surface area contributed by atoms with E-state index in [1.165, 1.54) is 13.0 Å². The van der Waals surface area contributed by atoms with E-state index in [9.17, 15) is 22.8 Å². The van der Waals surface area contributed by atoms with Gasteiger partial charge in [0, 0.05) is 6.08 Å². The summed E-state index contributed by atoms with van der Waals surface area (Å²) in [5.74, 6) is -1.74. The lowest BCUT2D eigenvalue weighted by Crippen LogP contribution is -2.14. The van der Waals surface area contributed by atoms with Crippen molar-refractivity contribution < 1.29 is 27.5 Å². The Labute approximate surface area is 122 Å². The Morgan fingerprint density at radius 1 is 1.38 bits per heavy atom. The number of allylic oxidation sites excluding steroid dienone is 1. The molecule has 0 radical (unpaired) electrons. The second-order valence-electron chi connectivity index (χ2n) is 4.13. The van der Waals surface area contributed by atoms with Crippen molar-refractivity contribution in [3.05, 3.63) is 22.2 Å². The quantitative estimate of drug-likeness (QED) is 0.682. The summed E-state index contributed by atoms with van der Waals surface area (Å²) in [5, 5.41) is 1.88. The van der Waals surface area contributed by atoms with Gasteiger partial charge < -0.3 is 4.74 Å². The number of carbonyl (C=O) groups excluding carboxylic acids is 2. The van der Waals surface area contributed by atoms with Gasteiger partial charge in [-0.2, -0.15) is 13.2 Å². The number of esters is 1. The zero-order chi connectivity index (χ0) is 16.2. The van der Waals surface area contributed by atoms with Crippen molar-refractivity contribution in [2.75, 3.05) is 11.9 Å². The highest BCUT2D eigenvalue weighted by molar-refractivity contribution is 7.17. The average Bonchev–Trinajstić information content (AvgIpc) is 2.71. The second kappa shape index (κ2) is 6.70. The summed E-state index contributed by atoms with van der Waals surface area (Å²) in [6.07, 6.45) is -3.60. The lowest BCUT2D eigenvalue weighted by atomic mass is 10.3. The number of halogens is 3. The van der Waals surface area contributed by atoms with Gasteiger partial charge in [0.05, 0.1) is 6.61 Å². The maximum atomic E-state index is 12.8. The summed E-state index contributed by atoms with van der Waals surface area (Å²) >= 11 is 0.423. The molecule has 1 rings (SSSR count). The van der Waals surface area contributed by atoms with Gasteiger partial charge in [-0.25, -0.2) is 9.78 Å². The monoisotopic (exact) mass is 322 g/mol. The van der Waals surface area contributed by atoms with Crippen LogP contribution in [0.4, 0.5) is 18.3 Å². The van der Waals surface area contributed by atoms with Crippen LogP contribution in [0.1, 0.15) is 36.1 Å². The largest absolute Gasteiger partial charge is 0.462 e. The molecule has 0 aliphatic rings. The van der Waals surface area contributed by atoms with E-state index in [0.717, 1.165) is 0 Å². The molecule has 116 valence electrons. The van der Waals surface area contributed by atoms with Crippen LogP contribution in [0.25, 0.3) is 0 Å². The van der Waals surface area contributed by atoms with Crippen molar-refractivity contribution in [3.8, 4) is 0 Å². The Morgan fingerprint density at radius 2 is 2.00 bits per heavy atom. The number of nitrogens with zero attached hydrogens (tertiary/aromatic N) is 1. The molecular weight excluding hydrogens is 309 g/mol. The Bertz CT molecular complexity index is 575. The highest BCUT2D eigenvalue weighted by Gasteiger charge is 2.40. The van der Waals surface area contributed by atoms with E-state index in [4.69, 9.17) is 0 Å². The van der Waals surface area contributed by atoms with Crippen LogP contribution >= 0.6 is 11.3 Å². The number of nitrogens with one attached hydrogen (secondary N) is 1. The minimum Gasteiger partial charge on any atom is -0.462 e. The maximum Gasteiger partial charge on any atom is 0.435 e. The third-order valence-electron chi connectivity index (χ3n) is 2.01. The van der Waals surface area contributed by atoms with Gasteiger partial charge in [0.2, 0.25) is 5.91 Å². The third-order valence-corrected chi connectivity index (χ3v) is 2.96. The van der Waals surface area contributed by atoms with Gasteiger partial charge in [0.1, 0.15) is 4.88 Å². The van der Waals surface area contributed by atoms with Crippen LogP contribution in [0.2, 0.25) is 0 Å². The van der Waals surface area contributed by atoms with Crippen LogP contribution in [-0.4, -0.2) is 23.5 Å². The average molecular weight is 322 g/mol. The predicted molar refractivity (Wildman–Crippen MR) is 71.1 cm³/mol. The van der Waals surface area contributed by atoms with E-state index >= 15 is 0 Å². The van der Waals surface area contributed by atoms with Crippen molar-refractivity contribution in [1.82, 2.24) is 4.98 Å². The predicted octanol–water partition coefficient (Wildman–Crippen LogP) is 3.24. The number of amides is 1. The second-order valence-corrected chi connectivity index (χ2v) is 5.12. The SMILES string of the molecule is CCOC(=O)c1sc(NC(=O)C=C(C)C)nc1C(F)(F)F. The molecule has 1 heterocycles. The number of carbonyl (C=O) groups is 2. The van der Waals surface area contributed by atoms with Crippen molar-refractivity contribution in [2.45, 2.75) is 26.9 Å². The van der Waals surface area contributed by atoms with E-state index in [2.05, 4.69) is 15.0 Å². The molecule has 0 fully saturated rings. The summed E-state index contributed by atoms with van der Waals surface area (Å²) < 4.78 is 43.0. The molecule has 1 aromatic rings. The first-order valence-corrected chi connectivity index (χ1v) is 6.67. The van der Waals surface area contributed by atoms with E-state index in [-0.39, 0.29) is 11.7 Å². The van der Waals surface area contributed by atoms with Gasteiger partial charge in [0.15, 0.2) is 10.8 Å². The van der Waals surface area contributed by atoms with Crippen LogP contribution in [0, 0.1) is 0 Å². The fourth-order valence-electron chi connectivity index (χ4n) is 1.30. The summed E-state index contributed by atoms with van der Waals surface area (Å²) in [6, 6.07) is 0.